The van der Waals surface area contributed by atoms with E-state index < -0.39 is 20.0 Å². The number of amides is 1. The first kappa shape index (κ1) is 64.2. The molecule has 0 saturated heterocycles. The second-order valence-corrected chi connectivity index (χ2v) is 21.6. The van der Waals surface area contributed by atoms with E-state index in [1.165, 1.54) is 148 Å². The summed E-state index contributed by atoms with van der Waals surface area (Å²) in [4.78, 5) is 37.5. The maximum Gasteiger partial charge on any atom is 0.472 e. The lowest BCUT2D eigenvalue weighted by Gasteiger charge is -2.27. The Morgan fingerprint density at radius 2 is 0.909 bits per heavy atom. The van der Waals surface area contributed by atoms with E-state index in [1.54, 1.807) is 0 Å². The Morgan fingerprint density at radius 3 is 1.36 bits per heavy atom. The number of likely N-dealkylation sites (N-methyl/N-ethyl adjacent to an activating group) is 1. The van der Waals surface area contributed by atoms with Gasteiger partial charge in [0.05, 0.1) is 33.8 Å². The smallest absolute Gasteiger partial charge is 0.456 e. The van der Waals surface area contributed by atoms with E-state index in [4.69, 9.17) is 13.8 Å². The molecule has 0 saturated carbocycles. The second kappa shape index (κ2) is 46.9. The van der Waals surface area contributed by atoms with Gasteiger partial charge in [-0.05, 0) is 57.4 Å². The van der Waals surface area contributed by atoms with Gasteiger partial charge in [-0.15, -0.1) is 0 Å². The number of nitrogens with zero attached hydrogens (tertiary/aromatic N) is 1. The van der Waals surface area contributed by atoms with Crippen LogP contribution in [0.3, 0.4) is 0 Å². The van der Waals surface area contributed by atoms with Crippen LogP contribution in [0.15, 0.2) is 36.5 Å². The summed E-state index contributed by atoms with van der Waals surface area (Å²) in [6.07, 6.45) is 54.1. The van der Waals surface area contributed by atoms with E-state index in [2.05, 4.69) is 50.4 Å². The highest BCUT2D eigenvalue weighted by atomic mass is 31.2. The zero-order valence-electron chi connectivity index (χ0n) is 44.2. The van der Waals surface area contributed by atoms with Gasteiger partial charge in [-0.1, -0.05) is 225 Å². The number of phosphoric acid groups is 1. The van der Waals surface area contributed by atoms with Crippen LogP contribution in [0.2, 0.25) is 0 Å². The van der Waals surface area contributed by atoms with Crippen LogP contribution in [0, 0.1) is 0 Å². The van der Waals surface area contributed by atoms with E-state index in [9.17, 15) is 19.0 Å². The summed E-state index contributed by atoms with van der Waals surface area (Å²) in [7, 11) is 1.49. The normalized spacial score (nSPS) is 14.1. The molecular formula is C56H108N2O7P+. The van der Waals surface area contributed by atoms with Crippen LogP contribution in [0.1, 0.15) is 258 Å². The van der Waals surface area contributed by atoms with E-state index in [-0.39, 0.29) is 25.1 Å². The molecule has 0 radical (unpaired) electrons. The molecule has 0 fully saturated rings. The molecule has 0 heterocycles. The molecule has 0 bridgehead atoms. The van der Waals surface area contributed by atoms with Gasteiger partial charge in [0.25, 0.3) is 0 Å². The third-order valence-electron chi connectivity index (χ3n) is 12.4. The molecule has 2 N–H and O–H groups in total. The zero-order valence-corrected chi connectivity index (χ0v) is 45.1. The van der Waals surface area contributed by atoms with Crippen LogP contribution in [0.25, 0.3) is 0 Å². The van der Waals surface area contributed by atoms with Gasteiger partial charge in [-0.3, -0.25) is 18.6 Å². The first-order valence-electron chi connectivity index (χ1n) is 27.8. The maximum absolute atomic E-state index is 13.5. The van der Waals surface area contributed by atoms with Gasteiger partial charge < -0.3 is 19.4 Å². The lowest BCUT2D eigenvalue weighted by molar-refractivity contribution is -0.870. The van der Waals surface area contributed by atoms with Crippen molar-refractivity contribution >= 4 is 19.7 Å². The molecule has 3 unspecified atom stereocenters. The number of unbranched alkanes of at least 4 members (excludes halogenated alkanes) is 31. The minimum absolute atomic E-state index is 0.0395. The summed E-state index contributed by atoms with van der Waals surface area (Å²) < 4.78 is 30.5. The average Bonchev–Trinajstić information content (AvgIpc) is 3.27. The summed E-state index contributed by atoms with van der Waals surface area (Å²) in [6, 6.07) is -0.848. The number of hydrogen-bond acceptors (Lipinski definition) is 6. The quantitative estimate of drug-likeness (QED) is 0.0156. The van der Waals surface area contributed by atoms with Crippen molar-refractivity contribution in [1.82, 2.24) is 5.32 Å². The lowest BCUT2D eigenvalue weighted by atomic mass is 10.0. The van der Waals surface area contributed by atoms with Crippen molar-refractivity contribution in [3.05, 3.63) is 36.5 Å². The van der Waals surface area contributed by atoms with Crippen LogP contribution < -0.4 is 5.32 Å². The van der Waals surface area contributed by atoms with Gasteiger partial charge in [0.15, 0.2) is 0 Å². The largest absolute Gasteiger partial charge is 0.472 e. The third kappa shape index (κ3) is 47.3. The number of carbonyl (C=O) groups is 2. The lowest BCUT2D eigenvalue weighted by Crippen LogP contribution is -2.47. The Kier molecular flexibility index (Phi) is 45.7. The van der Waals surface area contributed by atoms with Gasteiger partial charge in [0, 0.05) is 12.8 Å². The Labute approximate surface area is 408 Å². The summed E-state index contributed by atoms with van der Waals surface area (Å²) in [5, 5.41) is 3.04. The van der Waals surface area contributed by atoms with Gasteiger partial charge in [0.1, 0.15) is 19.3 Å². The Morgan fingerprint density at radius 1 is 0.530 bits per heavy atom. The molecule has 0 aromatic carbocycles. The fourth-order valence-corrected chi connectivity index (χ4v) is 8.73. The molecule has 0 aliphatic heterocycles. The molecule has 66 heavy (non-hydrogen) atoms. The maximum atomic E-state index is 13.5. The monoisotopic (exact) mass is 952 g/mol. The van der Waals surface area contributed by atoms with Crippen molar-refractivity contribution in [2.45, 2.75) is 270 Å². The van der Waals surface area contributed by atoms with Crippen molar-refractivity contribution in [2.24, 2.45) is 0 Å². The summed E-state index contributed by atoms with van der Waals surface area (Å²) in [6.45, 7) is 6.97. The third-order valence-corrected chi connectivity index (χ3v) is 13.3. The van der Waals surface area contributed by atoms with E-state index in [1.807, 2.05) is 33.3 Å². The first-order valence-corrected chi connectivity index (χ1v) is 29.3. The van der Waals surface area contributed by atoms with Crippen molar-refractivity contribution < 1.29 is 37.3 Å². The predicted octanol–water partition coefficient (Wildman–Crippen LogP) is 16.4. The molecule has 388 valence electrons. The van der Waals surface area contributed by atoms with Crippen LogP contribution in [-0.4, -0.2) is 74.3 Å². The number of carbonyl (C=O) groups excluding carboxylic acids is 2. The number of phosphoric ester groups is 1. The van der Waals surface area contributed by atoms with E-state index in [0.717, 1.165) is 77.0 Å². The van der Waals surface area contributed by atoms with Gasteiger partial charge >= 0.3 is 13.8 Å². The van der Waals surface area contributed by atoms with Crippen LogP contribution in [-0.2, 0) is 27.9 Å². The summed E-state index contributed by atoms with van der Waals surface area (Å²) in [5.74, 6) is -0.512. The number of hydrogen-bond donors (Lipinski definition) is 2. The van der Waals surface area contributed by atoms with E-state index >= 15 is 0 Å². The Balaban J connectivity index is 5.36. The number of quaternary nitrogens is 1. The van der Waals surface area contributed by atoms with Crippen molar-refractivity contribution in [2.75, 3.05) is 40.9 Å². The van der Waals surface area contributed by atoms with Crippen molar-refractivity contribution in [3.63, 3.8) is 0 Å². The first-order chi connectivity index (χ1) is 31.9. The minimum atomic E-state index is -4.44. The molecule has 1 amide bonds. The number of nitrogens with one attached hydrogen (secondary N) is 1. The van der Waals surface area contributed by atoms with Crippen LogP contribution in [0.5, 0.6) is 0 Å². The topological polar surface area (TPSA) is 111 Å². The number of ether oxygens (including phenoxy) is 1. The molecule has 0 spiro atoms. The Bertz CT molecular complexity index is 1230. The fourth-order valence-electron chi connectivity index (χ4n) is 7.99. The molecular weight excluding hydrogens is 844 g/mol. The number of allylic oxidation sites excluding steroid dienone is 5. The fraction of sp³-hybridized carbons (Fsp3) is 0.857. The zero-order chi connectivity index (χ0) is 48.7. The molecule has 0 aromatic rings. The SMILES string of the molecule is CCCCC/C=C/C=C/CCCCCCCCC(=O)NC(COP(=O)(O)OCC[N+](C)(C)C)C(/C=C/CCCCCCCCCCC)OC(=O)CCCCCCCCCCCCCCCC. The molecule has 10 heteroatoms. The minimum Gasteiger partial charge on any atom is -0.456 e. The molecule has 0 rings (SSSR count). The van der Waals surface area contributed by atoms with Gasteiger partial charge in [0.2, 0.25) is 5.91 Å². The highest BCUT2D eigenvalue weighted by Crippen LogP contribution is 2.43. The van der Waals surface area contributed by atoms with Gasteiger partial charge in [-0.25, -0.2) is 4.57 Å². The summed E-state index contributed by atoms with van der Waals surface area (Å²) in [5.41, 5.74) is 0. The summed E-state index contributed by atoms with van der Waals surface area (Å²) >= 11 is 0. The standard InChI is InChI=1S/C56H107N2O7P/c1-7-10-13-16-19-22-25-27-29-30-33-36-39-42-45-48-55(59)57-53(52-64-66(61,62)63-51-50-58(4,5)6)54(47-44-41-38-35-32-24-21-18-15-12-9-3)65-56(60)49-46-43-40-37-34-31-28-26-23-20-17-14-11-8-2/h19,22,25,27,44,47,53-54H,7-18,20-21,23-24,26,28-43,45-46,48-52H2,1-6H3,(H-,57,59,61,62)/p+1/b22-19+,27-25+,47-44+. The van der Waals surface area contributed by atoms with Crippen LogP contribution in [0.4, 0.5) is 0 Å². The molecule has 0 aromatic heterocycles. The van der Waals surface area contributed by atoms with Crippen LogP contribution >= 0.6 is 7.82 Å². The van der Waals surface area contributed by atoms with Gasteiger partial charge in [-0.2, -0.15) is 0 Å². The Hall–Kier alpha value is -1.77. The number of esters is 1. The second-order valence-electron chi connectivity index (χ2n) is 20.1. The predicted molar refractivity (Wildman–Crippen MR) is 282 cm³/mol. The van der Waals surface area contributed by atoms with Crippen molar-refractivity contribution in [3.8, 4) is 0 Å². The highest BCUT2D eigenvalue weighted by Gasteiger charge is 2.30. The molecule has 3 atom stereocenters. The highest BCUT2D eigenvalue weighted by molar-refractivity contribution is 7.47. The number of rotatable bonds is 50. The molecule has 0 aliphatic rings. The average molecular weight is 952 g/mol. The molecule has 0 aliphatic carbocycles. The molecule has 9 nitrogen and oxygen atoms in total. The van der Waals surface area contributed by atoms with Crippen molar-refractivity contribution in [1.29, 1.82) is 0 Å². The van der Waals surface area contributed by atoms with E-state index in [0.29, 0.717) is 23.9 Å².